The van der Waals surface area contributed by atoms with Gasteiger partial charge >= 0.3 is 0 Å². The monoisotopic (exact) mass is 310 g/mol. The van der Waals surface area contributed by atoms with Crippen molar-refractivity contribution >= 4 is 44.6 Å². The van der Waals surface area contributed by atoms with E-state index >= 15 is 0 Å². The number of nitrogens with two attached hydrogens (primary N) is 1. The first-order valence-corrected chi connectivity index (χ1v) is 6.32. The molecule has 0 amide bonds. The highest BCUT2D eigenvalue weighted by atomic mass is 79.9. The zero-order valence-corrected chi connectivity index (χ0v) is 11.6. The summed E-state index contributed by atoms with van der Waals surface area (Å²) in [7, 11) is 0. The Morgan fingerprint density at radius 3 is 2.65 bits per heavy atom. The van der Waals surface area contributed by atoms with Crippen LogP contribution in [0, 0.1) is 6.92 Å². The van der Waals surface area contributed by atoms with Crippen LogP contribution in [0.1, 0.15) is 5.56 Å². The van der Waals surface area contributed by atoms with E-state index in [1.165, 1.54) is 5.56 Å². The second kappa shape index (κ2) is 4.98. The maximum absolute atomic E-state index is 6.11. The molecule has 0 spiro atoms. The Balaban J connectivity index is 2.38. The topological polar surface area (TPSA) is 38.0 Å². The smallest absolute Gasteiger partial charge is 0.0807 e. The average molecular weight is 312 g/mol. The predicted molar refractivity (Wildman–Crippen MR) is 78.0 cm³/mol. The molecule has 0 heterocycles. The Labute approximate surface area is 114 Å². The summed E-state index contributed by atoms with van der Waals surface area (Å²) >= 11 is 9.61. The summed E-state index contributed by atoms with van der Waals surface area (Å²) in [5.41, 5.74) is 9.38. The fourth-order valence-corrected chi connectivity index (χ4v) is 2.35. The number of anilines is 3. The van der Waals surface area contributed by atoms with Crippen LogP contribution in [0.4, 0.5) is 17.1 Å². The number of aryl methyl sites for hydroxylation is 1. The molecule has 2 aromatic rings. The van der Waals surface area contributed by atoms with Gasteiger partial charge in [-0.3, -0.25) is 0 Å². The van der Waals surface area contributed by atoms with E-state index in [1.807, 2.05) is 43.3 Å². The zero-order chi connectivity index (χ0) is 12.4. The van der Waals surface area contributed by atoms with Crippen LogP contribution in [0.2, 0.25) is 5.02 Å². The molecule has 4 heteroatoms. The van der Waals surface area contributed by atoms with E-state index in [2.05, 4.69) is 21.2 Å². The highest BCUT2D eigenvalue weighted by molar-refractivity contribution is 9.10. The number of para-hydroxylation sites is 1. The maximum Gasteiger partial charge on any atom is 0.0807 e. The molecule has 0 aliphatic heterocycles. The van der Waals surface area contributed by atoms with Crippen molar-refractivity contribution in [2.24, 2.45) is 0 Å². The molecule has 0 radical (unpaired) electrons. The van der Waals surface area contributed by atoms with Gasteiger partial charge in [-0.1, -0.05) is 23.7 Å². The Kier molecular flexibility index (Phi) is 3.60. The lowest BCUT2D eigenvalue weighted by molar-refractivity contribution is 1.43. The summed E-state index contributed by atoms with van der Waals surface area (Å²) in [6, 6.07) is 11.5. The molecule has 3 N–H and O–H groups in total. The van der Waals surface area contributed by atoms with Crippen LogP contribution in [-0.2, 0) is 0 Å². The van der Waals surface area contributed by atoms with Gasteiger partial charge in [0.1, 0.15) is 0 Å². The van der Waals surface area contributed by atoms with Gasteiger partial charge < -0.3 is 11.1 Å². The predicted octanol–water partition coefficient (Wildman–Crippen LogP) is 4.74. The van der Waals surface area contributed by atoms with Gasteiger partial charge in [0, 0.05) is 4.47 Å². The first-order chi connectivity index (χ1) is 8.08. The van der Waals surface area contributed by atoms with Crippen molar-refractivity contribution in [3.05, 3.63) is 51.5 Å². The largest absolute Gasteiger partial charge is 0.397 e. The highest BCUT2D eigenvalue weighted by Gasteiger charge is 2.06. The molecule has 2 aromatic carbocycles. The number of hydrogen-bond acceptors (Lipinski definition) is 2. The number of benzene rings is 2. The minimum Gasteiger partial charge on any atom is -0.397 e. The summed E-state index contributed by atoms with van der Waals surface area (Å²) in [6.45, 7) is 2.04. The van der Waals surface area contributed by atoms with Gasteiger partial charge in [0.05, 0.1) is 22.1 Å². The van der Waals surface area contributed by atoms with E-state index in [9.17, 15) is 0 Å². The molecule has 0 aliphatic carbocycles. The van der Waals surface area contributed by atoms with E-state index in [0.29, 0.717) is 10.7 Å². The number of halogens is 2. The van der Waals surface area contributed by atoms with E-state index < -0.39 is 0 Å². The summed E-state index contributed by atoms with van der Waals surface area (Å²) < 4.78 is 0.983. The summed E-state index contributed by atoms with van der Waals surface area (Å²) in [5, 5.41) is 3.84. The fourth-order valence-electron chi connectivity index (χ4n) is 1.53. The second-order valence-corrected chi connectivity index (χ2v) is 5.07. The number of nitrogens with one attached hydrogen (secondary N) is 1. The van der Waals surface area contributed by atoms with Gasteiger partial charge in [-0.2, -0.15) is 0 Å². The van der Waals surface area contributed by atoms with Crippen LogP contribution in [0.3, 0.4) is 0 Å². The number of hydrogen-bond donors (Lipinski definition) is 2. The number of rotatable bonds is 2. The van der Waals surface area contributed by atoms with Crippen molar-refractivity contribution in [2.75, 3.05) is 11.1 Å². The van der Waals surface area contributed by atoms with Gasteiger partial charge in [-0.25, -0.2) is 0 Å². The quantitative estimate of drug-likeness (QED) is 0.786. The number of nitrogen functional groups attached to an aromatic ring is 1. The molecule has 0 saturated heterocycles. The Hall–Kier alpha value is -1.19. The van der Waals surface area contributed by atoms with Gasteiger partial charge in [0.15, 0.2) is 0 Å². The molecule has 0 aromatic heterocycles. The summed E-state index contributed by atoms with van der Waals surface area (Å²) in [6.07, 6.45) is 0. The molecule has 2 nitrogen and oxygen atoms in total. The third-order valence-electron chi connectivity index (χ3n) is 2.43. The molecule has 0 bridgehead atoms. The summed E-state index contributed by atoms with van der Waals surface area (Å²) in [5.74, 6) is 0. The molecule has 0 saturated carbocycles. The van der Waals surface area contributed by atoms with Crippen LogP contribution in [0.25, 0.3) is 0 Å². The lowest BCUT2D eigenvalue weighted by Gasteiger charge is -2.12. The molecule has 0 fully saturated rings. The van der Waals surface area contributed by atoms with E-state index in [-0.39, 0.29) is 0 Å². The molecule has 17 heavy (non-hydrogen) atoms. The van der Waals surface area contributed by atoms with Gasteiger partial charge in [-0.15, -0.1) is 0 Å². The first-order valence-electron chi connectivity index (χ1n) is 5.15. The average Bonchev–Trinajstić information content (AvgIpc) is 2.26. The molecule has 0 atom stereocenters. The minimum atomic E-state index is 0.609. The van der Waals surface area contributed by atoms with Crippen molar-refractivity contribution in [3.63, 3.8) is 0 Å². The zero-order valence-electron chi connectivity index (χ0n) is 9.30. The third-order valence-corrected chi connectivity index (χ3v) is 3.40. The lowest BCUT2D eigenvalue weighted by Crippen LogP contribution is -1.97. The van der Waals surface area contributed by atoms with Crippen molar-refractivity contribution in [1.82, 2.24) is 0 Å². The molecular weight excluding hydrogens is 300 g/mol. The molecular formula is C13H12BrClN2. The fraction of sp³-hybridized carbons (Fsp3) is 0.0769. The molecule has 0 unspecified atom stereocenters. The second-order valence-electron chi connectivity index (χ2n) is 3.81. The summed E-state index contributed by atoms with van der Waals surface area (Å²) in [4.78, 5) is 0. The van der Waals surface area contributed by atoms with Crippen molar-refractivity contribution in [3.8, 4) is 0 Å². The van der Waals surface area contributed by atoms with Crippen LogP contribution in [-0.4, -0.2) is 0 Å². The minimum absolute atomic E-state index is 0.609. The van der Waals surface area contributed by atoms with E-state index in [4.69, 9.17) is 17.3 Å². The molecule has 88 valence electrons. The van der Waals surface area contributed by atoms with Crippen molar-refractivity contribution in [1.29, 1.82) is 0 Å². The molecule has 0 aliphatic rings. The normalized spacial score (nSPS) is 10.3. The van der Waals surface area contributed by atoms with Gasteiger partial charge in [0.25, 0.3) is 0 Å². The Morgan fingerprint density at radius 2 is 2.00 bits per heavy atom. The van der Waals surface area contributed by atoms with Gasteiger partial charge in [-0.05, 0) is 52.7 Å². The standard InChI is InChI=1S/C13H12BrClN2/c1-8-5-6-12(9(14)7-8)17-13-10(15)3-2-4-11(13)16/h2-7,17H,16H2,1H3. The van der Waals surface area contributed by atoms with Crippen LogP contribution < -0.4 is 11.1 Å². The van der Waals surface area contributed by atoms with Crippen molar-refractivity contribution < 1.29 is 0 Å². The third kappa shape index (κ3) is 2.73. The Morgan fingerprint density at radius 1 is 1.24 bits per heavy atom. The van der Waals surface area contributed by atoms with E-state index in [0.717, 1.165) is 15.8 Å². The lowest BCUT2D eigenvalue weighted by atomic mass is 10.2. The SMILES string of the molecule is Cc1ccc(Nc2c(N)cccc2Cl)c(Br)c1. The Bertz CT molecular complexity index is 535. The van der Waals surface area contributed by atoms with Crippen molar-refractivity contribution in [2.45, 2.75) is 6.92 Å². The van der Waals surface area contributed by atoms with Gasteiger partial charge in [0.2, 0.25) is 0 Å². The van der Waals surface area contributed by atoms with Crippen LogP contribution in [0.5, 0.6) is 0 Å². The van der Waals surface area contributed by atoms with E-state index in [1.54, 1.807) is 0 Å². The van der Waals surface area contributed by atoms with Crippen LogP contribution >= 0.6 is 27.5 Å². The molecule has 2 rings (SSSR count). The highest BCUT2D eigenvalue weighted by Crippen LogP contribution is 2.33. The maximum atomic E-state index is 6.11. The van der Waals surface area contributed by atoms with Crippen LogP contribution in [0.15, 0.2) is 40.9 Å². The first kappa shape index (κ1) is 12.3.